The number of fused-ring (bicyclic) bond motifs is 1. The third kappa shape index (κ3) is 3.93. The first-order chi connectivity index (χ1) is 13.6. The van der Waals surface area contributed by atoms with Gasteiger partial charge < -0.3 is 14.2 Å². The van der Waals surface area contributed by atoms with Crippen molar-refractivity contribution >= 4 is 17.2 Å². The zero-order valence-electron chi connectivity index (χ0n) is 15.8. The molecule has 0 atom stereocenters. The van der Waals surface area contributed by atoms with Gasteiger partial charge in [-0.25, -0.2) is 4.98 Å². The lowest BCUT2D eigenvalue weighted by molar-refractivity contribution is -0.116. The quantitative estimate of drug-likeness (QED) is 0.551. The first-order valence-electron chi connectivity index (χ1n) is 9.22. The van der Waals surface area contributed by atoms with Crippen LogP contribution in [0.25, 0.3) is 16.9 Å². The summed E-state index contributed by atoms with van der Waals surface area (Å²) in [5.41, 5.74) is 4.76. The second kappa shape index (κ2) is 7.64. The van der Waals surface area contributed by atoms with E-state index in [4.69, 9.17) is 9.51 Å². The molecule has 0 aliphatic carbocycles. The summed E-state index contributed by atoms with van der Waals surface area (Å²) in [6, 6.07) is 11.8. The normalized spacial score (nSPS) is 11.1. The number of carbonyl (C=O) groups excluding carboxylic acids is 1. The Morgan fingerprint density at radius 3 is 2.68 bits per heavy atom. The SMILES string of the molecule is Cc1noc(CCCC(=O)Nc2ccc(-c3cn4cccc(C)c4n3)cc2)n1. The molecule has 4 rings (SSSR count). The van der Waals surface area contributed by atoms with E-state index in [9.17, 15) is 4.79 Å². The number of anilines is 1. The largest absolute Gasteiger partial charge is 0.339 e. The van der Waals surface area contributed by atoms with Gasteiger partial charge in [-0.15, -0.1) is 0 Å². The monoisotopic (exact) mass is 375 g/mol. The molecule has 1 aromatic carbocycles. The van der Waals surface area contributed by atoms with E-state index in [1.165, 1.54) is 0 Å². The molecule has 3 heterocycles. The first kappa shape index (κ1) is 17.9. The maximum Gasteiger partial charge on any atom is 0.226 e. The molecule has 1 N–H and O–H groups in total. The topological polar surface area (TPSA) is 85.3 Å². The van der Waals surface area contributed by atoms with Crippen molar-refractivity contribution in [3.05, 3.63) is 66.1 Å². The minimum absolute atomic E-state index is 0.0349. The lowest BCUT2D eigenvalue weighted by atomic mass is 10.1. The number of aromatic nitrogens is 4. The van der Waals surface area contributed by atoms with Crippen LogP contribution in [0.4, 0.5) is 5.69 Å². The predicted octanol–water partition coefficient (Wildman–Crippen LogP) is 3.96. The van der Waals surface area contributed by atoms with Crippen LogP contribution in [0, 0.1) is 13.8 Å². The number of hydrogen-bond donors (Lipinski definition) is 1. The number of hydrogen-bond acceptors (Lipinski definition) is 5. The first-order valence-corrected chi connectivity index (χ1v) is 9.22. The van der Waals surface area contributed by atoms with Gasteiger partial charge in [0, 0.05) is 36.5 Å². The van der Waals surface area contributed by atoms with Gasteiger partial charge in [0.25, 0.3) is 0 Å². The number of nitrogens with one attached hydrogen (secondary N) is 1. The van der Waals surface area contributed by atoms with Crippen LogP contribution >= 0.6 is 0 Å². The molecule has 1 amide bonds. The summed E-state index contributed by atoms with van der Waals surface area (Å²) in [7, 11) is 0. The highest BCUT2D eigenvalue weighted by Crippen LogP contribution is 2.22. The average molecular weight is 375 g/mol. The van der Waals surface area contributed by atoms with Crippen LogP contribution in [-0.2, 0) is 11.2 Å². The number of pyridine rings is 1. The highest BCUT2D eigenvalue weighted by atomic mass is 16.5. The van der Waals surface area contributed by atoms with Gasteiger partial charge in [0.2, 0.25) is 11.8 Å². The van der Waals surface area contributed by atoms with E-state index in [1.807, 2.05) is 60.1 Å². The number of benzene rings is 1. The van der Waals surface area contributed by atoms with Crippen molar-refractivity contribution in [2.24, 2.45) is 0 Å². The number of imidazole rings is 1. The van der Waals surface area contributed by atoms with Gasteiger partial charge >= 0.3 is 0 Å². The van der Waals surface area contributed by atoms with Crippen LogP contribution in [-0.4, -0.2) is 25.4 Å². The third-order valence-corrected chi connectivity index (χ3v) is 4.51. The number of carbonyl (C=O) groups is 1. The highest BCUT2D eigenvalue weighted by Gasteiger charge is 2.08. The van der Waals surface area contributed by atoms with Crippen LogP contribution in [0.15, 0.2) is 53.3 Å². The Kier molecular flexibility index (Phi) is 4.89. The fraction of sp³-hybridized carbons (Fsp3) is 0.238. The van der Waals surface area contributed by atoms with Crippen molar-refractivity contribution in [2.75, 3.05) is 5.32 Å². The van der Waals surface area contributed by atoms with Crippen LogP contribution in [0.1, 0.15) is 30.1 Å². The van der Waals surface area contributed by atoms with E-state index in [0.29, 0.717) is 31.0 Å². The average Bonchev–Trinajstić information content (AvgIpc) is 3.29. The van der Waals surface area contributed by atoms with Crippen LogP contribution in [0.2, 0.25) is 0 Å². The van der Waals surface area contributed by atoms with Gasteiger partial charge in [-0.05, 0) is 44.0 Å². The molecule has 28 heavy (non-hydrogen) atoms. The molecule has 0 saturated carbocycles. The number of rotatable bonds is 6. The molecule has 3 aromatic heterocycles. The molecular weight excluding hydrogens is 354 g/mol. The van der Waals surface area contributed by atoms with Gasteiger partial charge in [-0.3, -0.25) is 4.79 Å². The molecule has 0 bridgehead atoms. The van der Waals surface area contributed by atoms with Crippen molar-refractivity contribution < 1.29 is 9.32 Å². The van der Waals surface area contributed by atoms with Crippen molar-refractivity contribution in [1.82, 2.24) is 19.5 Å². The maximum absolute atomic E-state index is 12.1. The molecule has 7 heteroatoms. The molecule has 0 spiro atoms. The standard InChI is InChI=1S/C21H21N5O2/c1-14-5-4-12-26-13-18(24-21(14)26)16-8-10-17(11-9-16)23-19(27)6-3-7-20-22-15(2)25-28-20/h4-5,8-13H,3,6-7H2,1-2H3,(H,23,27). The number of aryl methyl sites for hydroxylation is 3. The lowest BCUT2D eigenvalue weighted by Gasteiger charge is -2.05. The van der Waals surface area contributed by atoms with E-state index < -0.39 is 0 Å². The fourth-order valence-electron chi connectivity index (χ4n) is 3.08. The Morgan fingerprint density at radius 1 is 1.14 bits per heavy atom. The summed E-state index contributed by atoms with van der Waals surface area (Å²) in [5.74, 6) is 1.14. The maximum atomic E-state index is 12.1. The Balaban J connectivity index is 1.36. The van der Waals surface area contributed by atoms with E-state index in [0.717, 1.165) is 28.2 Å². The molecule has 0 saturated heterocycles. The predicted molar refractivity (Wildman–Crippen MR) is 106 cm³/mol. The molecule has 4 aromatic rings. The highest BCUT2D eigenvalue weighted by molar-refractivity contribution is 5.90. The molecule has 0 fully saturated rings. The van der Waals surface area contributed by atoms with Crippen LogP contribution in [0.5, 0.6) is 0 Å². The van der Waals surface area contributed by atoms with Crippen LogP contribution < -0.4 is 5.32 Å². The summed E-state index contributed by atoms with van der Waals surface area (Å²) in [6.07, 6.45) is 5.65. The molecular formula is C21H21N5O2. The molecule has 0 radical (unpaired) electrons. The molecule has 0 aliphatic rings. The Bertz CT molecular complexity index is 1110. The summed E-state index contributed by atoms with van der Waals surface area (Å²) in [4.78, 5) is 21.0. The Labute approximate surface area is 162 Å². The summed E-state index contributed by atoms with van der Waals surface area (Å²) in [6.45, 7) is 3.82. The van der Waals surface area contributed by atoms with E-state index in [-0.39, 0.29) is 5.91 Å². The zero-order valence-corrected chi connectivity index (χ0v) is 15.8. The smallest absolute Gasteiger partial charge is 0.226 e. The van der Waals surface area contributed by atoms with Gasteiger partial charge in [-0.1, -0.05) is 23.4 Å². The van der Waals surface area contributed by atoms with Crippen LogP contribution in [0.3, 0.4) is 0 Å². The van der Waals surface area contributed by atoms with Gasteiger partial charge in [0.1, 0.15) is 5.65 Å². The number of nitrogens with zero attached hydrogens (tertiary/aromatic N) is 4. The summed E-state index contributed by atoms with van der Waals surface area (Å²) >= 11 is 0. The van der Waals surface area contributed by atoms with Gasteiger partial charge in [0.15, 0.2) is 5.82 Å². The van der Waals surface area contributed by atoms with E-state index in [1.54, 1.807) is 6.92 Å². The number of amides is 1. The minimum atomic E-state index is -0.0349. The second-order valence-corrected chi connectivity index (χ2v) is 6.76. The summed E-state index contributed by atoms with van der Waals surface area (Å²) in [5, 5.41) is 6.66. The Morgan fingerprint density at radius 2 is 1.96 bits per heavy atom. The van der Waals surface area contributed by atoms with Crippen molar-refractivity contribution in [3.8, 4) is 11.3 Å². The molecule has 7 nitrogen and oxygen atoms in total. The Hall–Kier alpha value is -3.48. The summed E-state index contributed by atoms with van der Waals surface area (Å²) < 4.78 is 7.07. The second-order valence-electron chi connectivity index (χ2n) is 6.76. The van der Waals surface area contributed by atoms with Crippen molar-refractivity contribution in [2.45, 2.75) is 33.1 Å². The van der Waals surface area contributed by atoms with E-state index >= 15 is 0 Å². The lowest BCUT2D eigenvalue weighted by Crippen LogP contribution is -2.11. The van der Waals surface area contributed by atoms with E-state index in [2.05, 4.69) is 15.5 Å². The van der Waals surface area contributed by atoms with Crippen molar-refractivity contribution in [3.63, 3.8) is 0 Å². The molecule has 0 aliphatic heterocycles. The van der Waals surface area contributed by atoms with Gasteiger partial charge in [0.05, 0.1) is 5.69 Å². The fourth-order valence-corrected chi connectivity index (χ4v) is 3.08. The zero-order chi connectivity index (χ0) is 19.5. The van der Waals surface area contributed by atoms with Crippen molar-refractivity contribution in [1.29, 1.82) is 0 Å². The molecule has 0 unspecified atom stereocenters. The molecule has 142 valence electrons. The minimum Gasteiger partial charge on any atom is -0.339 e. The third-order valence-electron chi connectivity index (χ3n) is 4.51. The van der Waals surface area contributed by atoms with Gasteiger partial charge in [-0.2, -0.15) is 4.98 Å².